The van der Waals surface area contributed by atoms with Crippen molar-refractivity contribution >= 4 is 17.4 Å². The molecule has 3 rings (SSSR count). The van der Waals surface area contributed by atoms with Crippen molar-refractivity contribution in [1.82, 2.24) is 20.6 Å². The highest BCUT2D eigenvalue weighted by atomic mass is 32.1. The van der Waals surface area contributed by atoms with Crippen molar-refractivity contribution in [2.24, 2.45) is 0 Å². The summed E-state index contributed by atoms with van der Waals surface area (Å²) in [5.41, 5.74) is 2.15. The van der Waals surface area contributed by atoms with Crippen molar-refractivity contribution in [3.63, 3.8) is 0 Å². The molecule has 2 aromatic rings. The molecule has 116 valence electrons. The van der Waals surface area contributed by atoms with Crippen molar-refractivity contribution < 1.29 is 4.79 Å². The summed E-state index contributed by atoms with van der Waals surface area (Å²) in [6.07, 6.45) is 5.60. The highest BCUT2D eigenvalue weighted by Gasteiger charge is 2.25. The molecule has 2 heterocycles. The van der Waals surface area contributed by atoms with Crippen LogP contribution in [0, 0.1) is 6.92 Å². The molecule has 0 aliphatic heterocycles. The van der Waals surface area contributed by atoms with E-state index in [4.69, 9.17) is 0 Å². The number of carbonyl (C=O) groups is 1. The van der Waals surface area contributed by atoms with E-state index in [2.05, 4.69) is 20.6 Å². The lowest BCUT2D eigenvalue weighted by atomic mass is 9.98. The van der Waals surface area contributed by atoms with E-state index < -0.39 is 0 Å². The topological polar surface area (TPSA) is 66.9 Å². The maximum Gasteiger partial charge on any atom is 0.315 e. The van der Waals surface area contributed by atoms with Gasteiger partial charge in [0.15, 0.2) is 0 Å². The van der Waals surface area contributed by atoms with Crippen molar-refractivity contribution in [2.45, 2.75) is 38.6 Å². The summed E-state index contributed by atoms with van der Waals surface area (Å²) < 4.78 is 0. The highest BCUT2D eigenvalue weighted by molar-refractivity contribution is 7.11. The summed E-state index contributed by atoms with van der Waals surface area (Å²) in [5, 5.41) is 7.06. The van der Waals surface area contributed by atoms with Gasteiger partial charge in [0.1, 0.15) is 0 Å². The van der Waals surface area contributed by atoms with Crippen molar-refractivity contribution in [1.29, 1.82) is 0 Å². The molecule has 0 radical (unpaired) electrons. The fraction of sp³-hybridized carbons (Fsp3) is 0.438. The van der Waals surface area contributed by atoms with Crippen LogP contribution in [0.5, 0.6) is 0 Å². The standard InChI is InChI=1S/C16H20N4OS/c1-11-19-13-6-4-7-14(15(13)22-11)20-16(21)18-10-8-12-5-2-3-9-17-12/h2-3,5,9,14H,4,6-8,10H2,1H3,(H2,18,20,21)/t14-/m0/s1. The molecule has 0 bridgehead atoms. The monoisotopic (exact) mass is 316 g/mol. The number of nitrogens with zero attached hydrogens (tertiary/aromatic N) is 2. The molecule has 6 heteroatoms. The van der Waals surface area contributed by atoms with Crippen LogP contribution < -0.4 is 10.6 Å². The Kier molecular flexibility index (Phi) is 4.68. The first-order valence-electron chi connectivity index (χ1n) is 7.63. The number of aryl methyl sites for hydroxylation is 2. The van der Waals surface area contributed by atoms with Crippen LogP contribution in [0.3, 0.4) is 0 Å². The smallest absolute Gasteiger partial charge is 0.315 e. The zero-order valence-electron chi connectivity index (χ0n) is 12.6. The largest absolute Gasteiger partial charge is 0.338 e. The van der Waals surface area contributed by atoms with Crippen LogP contribution in [0.25, 0.3) is 0 Å². The van der Waals surface area contributed by atoms with Crippen molar-refractivity contribution in [3.8, 4) is 0 Å². The molecule has 0 unspecified atom stereocenters. The summed E-state index contributed by atoms with van der Waals surface area (Å²) in [5.74, 6) is 0. The summed E-state index contributed by atoms with van der Waals surface area (Å²) in [4.78, 5) is 22.1. The Morgan fingerprint density at radius 2 is 2.36 bits per heavy atom. The van der Waals surface area contributed by atoms with Crippen molar-refractivity contribution in [2.75, 3.05) is 6.54 Å². The Balaban J connectivity index is 1.50. The highest BCUT2D eigenvalue weighted by Crippen LogP contribution is 2.33. The normalized spacial score (nSPS) is 16.9. The summed E-state index contributed by atoms with van der Waals surface area (Å²) in [7, 11) is 0. The number of thiazole rings is 1. The lowest BCUT2D eigenvalue weighted by molar-refractivity contribution is 0.236. The van der Waals surface area contributed by atoms with Crippen LogP contribution >= 0.6 is 11.3 Å². The molecule has 1 aliphatic rings. The second kappa shape index (κ2) is 6.87. The van der Waals surface area contributed by atoms with Crippen LogP contribution in [0.15, 0.2) is 24.4 Å². The Morgan fingerprint density at radius 3 is 3.18 bits per heavy atom. The first-order chi connectivity index (χ1) is 10.7. The molecular formula is C16H20N4OS. The maximum atomic E-state index is 12.1. The minimum atomic E-state index is -0.111. The predicted octanol–water partition coefficient (Wildman–Crippen LogP) is 2.77. The van der Waals surface area contributed by atoms with E-state index in [1.165, 1.54) is 4.88 Å². The number of fused-ring (bicyclic) bond motifs is 1. The Labute approximate surface area is 134 Å². The molecule has 0 aromatic carbocycles. The third kappa shape index (κ3) is 3.62. The zero-order chi connectivity index (χ0) is 15.4. The molecule has 2 N–H and O–H groups in total. The number of amides is 2. The second-order valence-corrected chi connectivity index (χ2v) is 6.69. The maximum absolute atomic E-state index is 12.1. The molecule has 0 saturated heterocycles. The Hall–Kier alpha value is -1.95. The van der Waals surface area contributed by atoms with E-state index in [0.29, 0.717) is 6.54 Å². The molecule has 0 fully saturated rings. The lowest BCUT2D eigenvalue weighted by Gasteiger charge is -2.22. The van der Waals surface area contributed by atoms with Gasteiger partial charge in [-0.05, 0) is 38.3 Å². The number of nitrogens with one attached hydrogen (secondary N) is 2. The number of aromatic nitrogens is 2. The minimum absolute atomic E-state index is 0.102. The molecule has 0 spiro atoms. The number of pyridine rings is 1. The van der Waals surface area contributed by atoms with Crippen LogP contribution in [0.2, 0.25) is 0 Å². The molecule has 1 aliphatic carbocycles. The minimum Gasteiger partial charge on any atom is -0.338 e. The van der Waals surface area contributed by atoms with Gasteiger partial charge in [0.25, 0.3) is 0 Å². The third-order valence-electron chi connectivity index (χ3n) is 3.76. The number of hydrogen-bond donors (Lipinski definition) is 2. The van der Waals surface area contributed by atoms with Crippen molar-refractivity contribution in [3.05, 3.63) is 45.7 Å². The number of carbonyl (C=O) groups excluding carboxylic acids is 1. The van der Waals surface area contributed by atoms with E-state index in [-0.39, 0.29) is 12.1 Å². The SMILES string of the molecule is Cc1nc2c(s1)[C@@H](NC(=O)NCCc1ccccn1)CCC2. The molecular weight excluding hydrogens is 296 g/mol. The van der Waals surface area contributed by atoms with Gasteiger partial charge in [-0.1, -0.05) is 6.07 Å². The van der Waals surface area contributed by atoms with Gasteiger partial charge in [0, 0.05) is 24.9 Å². The summed E-state index contributed by atoms with van der Waals surface area (Å²) in [6, 6.07) is 5.80. The van der Waals surface area contributed by atoms with E-state index in [9.17, 15) is 4.79 Å². The fourth-order valence-corrected chi connectivity index (χ4v) is 3.80. The van der Waals surface area contributed by atoms with Gasteiger partial charge in [-0.25, -0.2) is 9.78 Å². The number of rotatable bonds is 4. The molecule has 5 nitrogen and oxygen atoms in total. The van der Waals surface area contributed by atoms with E-state index >= 15 is 0 Å². The van der Waals surface area contributed by atoms with Crippen LogP contribution in [-0.4, -0.2) is 22.5 Å². The van der Waals surface area contributed by atoms with E-state index in [0.717, 1.165) is 42.1 Å². The summed E-state index contributed by atoms with van der Waals surface area (Å²) >= 11 is 1.70. The van der Waals surface area contributed by atoms with Gasteiger partial charge < -0.3 is 10.6 Å². The van der Waals surface area contributed by atoms with Crippen LogP contribution in [-0.2, 0) is 12.8 Å². The Bertz CT molecular complexity index is 641. The molecule has 22 heavy (non-hydrogen) atoms. The van der Waals surface area contributed by atoms with Crippen LogP contribution in [0.4, 0.5) is 4.79 Å². The molecule has 2 amide bonds. The van der Waals surface area contributed by atoms with Gasteiger partial charge >= 0.3 is 6.03 Å². The molecule has 2 aromatic heterocycles. The average Bonchev–Trinajstić information content (AvgIpc) is 2.90. The van der Waals surface area contributed by atoms with Gasteiger partial charge in [-0.15, -0.1) is 11.3 Å². The van der Waals surface area contributed by atoms with Gasteiger partial charge in [0.05, 0.1) is 21.6 Å². The van der Waals surface area contributed by atoms with Gasteiger partial charge in [-0.2, -0.15) is 0 Å². The zero-order valence-corrected chi connectivity index (χ0v) is 13.4. The second-order valence-electron chi connectivity index (χ2n) is 5.46. The van der Waals surface area contributed by atoms with Gasteiger partial charge in [0.2, 0.25) is 0 Å². The summed E-state index contributed by atoms with van der Waals surface area (Å²) in [6.45, 7) is 2.61. The number of urea groups is 1. The third-order valence-corrected chi connectivity index (χ3v) is 4.88. The molecule has 0 saturated carbocycles. The quantitative estimate of drug-likeness (QED) is 0.911. The van der Waals surface area contributed by atoms with E-state index in [1.54, 1.807) is 17.5 Å². The van der Waals surface area contributed by atoms with Gasteiger partial charge in [-0.3, -0.25) is 4.98 Å². The number of hydrogen-bond acceptors (Lipinski definition) is 4. The predicted molar refractivity (Wildman–Crippen MR) is 87.0 cm³/mol. The lowest BCUT2D eigenvalue weighted by Crippen LogP contribution is -2.39. The molecule has 1 atom stereocenters. The first-order valence-corrected chi connectivity index (χ1v) is 8.44. The van der Waals surface area contributed by atoms with Crippen LogP contribution in [0.1, 0.15) is 40.2 Å². The fourth-order valence-electron chi connectivity index (χ4n) is 2.74. The Morgan fingerprint density at radius 1 is 1.45 bits per heavy atom. The first kappa shape index (κ1) is 15.0. The van der Waals surface area contributed by atoms with E-state index in [1.807, 2.05) is 25.1 Å². The average molecular weight is 316 g/mol.